The summed E-state index contributed by atoms with van der Waals surface area (Å²) in [6.07, 6.45) is 4.61. The van der Waals surface area contributed by atoms with E-state index in [1.807, 2.05) is 7.05 Å². The van der Waals surface area contributed by atoms with Gasteiger partial charge in [-0.2, -0.15) is 0 Å². The molecule has 1 amide bonds. The first-order valence-electron chi connectivity index (χ1n) is 7.81. The Kier molecular flexibility index (Phi) is 5.96. The van der Waals surface area contributed by atoms with Gasteiger partial charge in [-0.15, -0.1) is 0 Å². The van der Waals surface area contributed by atoms with Crippen molar-refractivity contribution in [2.45, 2.75) is 38.6 Å². The number of hydrogen-bond acceptors (Lipinski definition) is 4. The van der Waals surface area contributed by atoms with Crippen LogP contribution in [0.5, 0.6) is 0 Å². The summed E-state index contributed by atoms with van der Waals surface area (Å²) in [4.78, 5) is 24.5. The maximum atomic E-state index is 12.1. The summed E-state index contributed by atoms with van der Waals surface area (Å²) in [6.45, 7) is 2.53. The number of carbonyl (C=O) groups is 1. The topological polar surface area (TPSA) is 75.5 Å². The number of likely N-dealkylation sites (N-methyl/N-ethyl adjacent to an activating group) is 1. The van der Waals surface area contributed by atoms with Crippen LogP contribution in [0, 0.1) is 16.0 Å². The molecule has 7 heteroatoms. The number of benzene rings is 1. The molecular formula is C16H22ClN3O3. The Morgan fingerprint density at radius 1 is 1.39 bits per heavy atom. The zero-order valence-corrected chi connectivity index (χ0v) is 14.2. The smallest absolute Gasteiger partial charge is 0.289 e. The lowest BCUT2D eigenvalue weighted by molar-refractivity contribution is -0.384. The first-order chi connectivity index (χ1) is 10.9. The molecule has 0 spiro atoms. The lowest BCUT2D eigenvalue weighted by Gasteiger charge is -2.33. The predicted molar refractivity (Wildman–Crippen MR) is 90.8 cm³/mol. The van der Waals surface area contributed by atoms with E-state index >= 15 is 0 Å². The Hall–Kier alpha value is -1.66. The first-order valence-corrected chi connectivity index (χ1v) is 8.18. The van der Waals surface area contributed by atoms with Gasteiger partial charge in [-0.25, -0.2) is 0 Å². The van der Waals surface area contributed by atoms with Crippen molar-refractivity contribution in [3.63, 3.8) is 0 Å². The van der Waals surface area contributed by atoms with Gasteiger partial charge in [-0.05, 0) is 50.8 Å². The van der Waals surface area contributed by atoms with Crippen LogP contribution in [0.15, 0.2) is 18.2 Å². The third-order valence-electron chi connectivity index (χ3n) is 4.43. The minimum atomic E-state index is -0.562. The molecule has 1 aliphatic carbocycles. The molecule has 126 valence electrons. The molecule has 0 heterocycles. The number of nitrogens with one attached hydrogen (secondary N) is 1. The highest BCUT2D eigenvalue weighted by molar-refractivity contribution is 6.32. The van der Waals surface area contributed by atoms with Crippen molar-refractivity contribution in [3.05, 3.63) is 33.3 Å². The van der Waals surface area contributed by atoms with Crippen LogP contribution in [0.4, 0.5) is 11.4 Å². The Labute approximate surface area is 141 Å². The molecule has 0 saturated heterocycles. The molecule has 0 unspecified atom stereocenters. The van der Waals surface area contributed by atoms with Gasteiger partial charge in [0.05, 0.1) is 11.5 Å². The Morgan fingerprint density at radius 3 is 2.65 bits per heavy atom. The van der Waals surface area contributed by atoms with E-state index in [1.54, 1.807) is 6.07 Å². The Balaban J connectivity index is 1.92. The van der Waals surface area contributed by atoms with E-state index in [4.69, 9.17) is 11.6 Å². The fourth-order valence-corrected chi connectivity index (χ4v) is 3.16. The number of rotatable bonds is 5. The van der Waals surface area contributed by atoms with Crippen LogP contribution >= 0.6 is 11.6 Å². The number of anilines is 1. The van der Waals surface area contributed by atoms with Crippen molar-refractivity contribution in [1.82, 2.24) is 4.90 Å². The third-order valence-corrected chi connectivity index (χ3v) is 4.75. The maximum Gasteiger partial charge on any atom is 0.289 e. The number of amides is 1. The molecule has 1 aromatic carbocycles. The van der Waals surface area contributed by atoms with Gasteiger partial charge in [0.15, 0.2) is 0 Å². The molecule has 1 aromatic rings. The molecule has 1 N–H and O–H groups in total. The van der Waals surface area contributed by atoms with Gasteiger partial charge < -0.3 is 5.32 Å². The van der Waals surface area contributed by atoms with Crippen LogP contribution in [-0.2, 0) is 4.79 Å². The Bertz CT molecular complexity index is 586. The van der Waals surface area contributed by atoms with E-state index in [2.05, 4.69) is 17.1 Å². The molecule has 0 aromatic heterocycles. The highest BCUT2D eigenvalue weighted by Crippen LogP contribution is 2.28. The fourth-order valence-electron chi connectivity index (χ4n) is 2.97. The quantitative estimate of drug-likeness (QED) is 0.655. The number of hydrogen-bond donors (Lipinski definition) is 1. The van der Waals surface area contributed by atoms with Gasteiger partial charge in [0.25, 0.3) is 5.69 Å². The Morgan fingerprint density at radius 2 is 2.04 bits per heavy atom. The number of halogens is 1. The van der Waals surface area contributed by atoms with Gasteiger partial charge in [0.2, 0.25) is 5.91 Å². The second-order valence-corrected chi connectivity index (χ2v) is 6.71. The summed E-state index contributed by atoms with van der Waals surface area (Å²) in [6, 6.07) is 4.69. The molecule has 1 aliphatic rings. The van der Waals surface area contributed by atoms with E-state index in [1.165, 1.54) is 25.0 Å². The molecule has 0 bridgehead atoms. The van der Waals surface area contributed by atoms with Crippen molar-refractivity contribution >= 4 is 28.9 Å². The highest BCUT2D eigenvalue weighted by Gasteiger charge is 2.23. The van der Waals surface area contributed by atoms with E-state index in [9.17, 15) is 14.9 Å². The predicted octanol–water partition coefficient (Wildman–Crippen LogP) is 3.70. The summed E-state index contributed by atoms with van der Waals surface area (Å²) in [5.41, 5.74) is 0.177. The molecule has 2 rings (SSSR count). The largest absolute Gasteiger partial charge is 0.325 e. The molecule has 1 saturated carbocycles. The molecule has 6 nitrogen and oxygen atoms in total. The highest BCUT2D eigenvalue weighted by atomic mass is 35.5. The van der Waals surface area contributed by atoms with Crippen molar-refractivity contribution < 1.29 is 9.72 Å². The third kappa shape index (κ3) is 4.91. The summed E-state index contributed by atoms with van der Waals surface area (Å²) in [5, 5.41) is 13.6. The van der Waals surface area contributed by atoms with Gasteiger partial charge in [-0.1, -0.05) is 18.5 Å². The van der Waals surface area contributed by atoms with Gasteiger partial charge in [0, 0.05) is 17.8 Å². The minimum Gasteiger partial charge on any atom is -0.325 e. The summed E-state index contributed by atoms with van der Waals surface area (Å²) in [7, 11) is 1.95. The van der Waals surface area contributed by atoms with Gasteiger partial charge >= 0.3 is 0 Å². The number of carbonyl (C=O) groups excluding carboxylic acids is 1. The van der Waals surface area contributed by atoms with Crippen LogP contribution in [0.1, 0.15) is 32.6 Å². The van der Waals surface area contributed by atoms with Crippen LogP contribution in [0.25, 0.3) is 0 Å². The van der Waals surface area contributed by atoms with Gasteiger partial charge in [0.1, 0.15) is 5.02 Å². The fraction of sp³-hybridized carbons (Fsp3) is 0.562. The zero-order chi connectivity index (χ0) is 17.0. The minimum absolute atomic E-state index is 0.0569. The summed E-state index contributed by atoms with van der Waals surface area (Å²) in [5.74, 6) is 0.589. The number of nitrogens with zero attached hydrogens (tertiary/aromatic N) is 2. The second kappa shape index (κ2) is 7.75. The summed E-state index contributed by atoms with van der Waals surface area (Å²) < 4.78 is 0. The van der Waals surface area contributed by atoms with Gasteiger partial charge in [-0.3, -0.25) is 19.8 Å². The van der Waals surface area contributed by atoms with Crippen LogP contribution in [0.2, 0.25) is 5.02 Å². The molecular weight excluding hydrogens is 318 g/mol. The monoisotopic (exact) mass is 339 g/mol. The standard InChI is InChI=1S/C16H22ClN3O3/c1-11-3-6-13(7-4-11)19(2)10-16(21)18-12-5-8-14(17)15(9-12)20(22)23/h5,8-9,11,13H,3-4,6-7,10H2,1-2H3,(H,18,21). The normalized spacial score (nSPS) is 21.2. The molecule has 0 radical (unpaired) electrons. The lowest BCUT2D eigenvalue weighted by atomic mass is 9.87. The van der Waals surface area contributed by atoms with Crippen LogP contribution in [-0.4, -0.2) is 35.4 Å². The summed E-state index contributed by atoms with van der Waals surface area (Å²) >= 11 is 5.76. The van der Waals surface area contributed by atoms with Crippen molar-refractivity contribution in [1.29, 1.82) is 0 Å². The van der Waals surface area contributed by atoms with E-state index in [0.29, 0.717) is 11.7 Å². The molecule has 1 fully saturated rings. The number of nitro benzene ring substituents is 1. The average Bonchev–Trinajstić information content (AvgIpc) is 2.49. The average molecular weight is 340 g/mol. The first kappa shape index (κ1) is 17.7. The van der Waals surface area contributed by atoms with E-state index in [0.717, 1.165) is 18.8 Å². The van der Waals surface area contributed by atoms with Crippen LogP contribution < -0.4 is 5.32 Å². The second-order valence-electron chi connectivity index (χ2n) is 6.30. The maximum absolute atomic E-state index is 12.1. The van der Waals surface area contributed by atoms with Crippen molar-refractivity contribution in [3.8, 4) is 0 Å². The van der Waals surface area contributed by atoms with Crippen LogP contribution in [0.3, 0.4) is 0 Å². The molecule has 0 aliphatic heterocycles. The van der Waals surface area contributed by atoms with E-state index < -0.39 is 4.92 Å². The molecule has 0 atom stereocenters. The van der Waals surface area contributed by atoms with Crippen molar-refractivity contribution in [2.75, 3.05) is 18.9 Å². The molecule has 23 heavy (non-hydrogen) atoms. The van der Waals surface area contributed by atoms with Crippen molar-refractivity contribution in [2.24, 2.45) is 5.92 Å². The SMILES string of the molecule is CC1CCC(N(C)CC(=O)Nc2ccc(Cl)c([N+](=O)[O-])c2)CC1. The zero-order valence-electron chi connectivity index (χ0n) is 13.4. The number of nitro groups is 1. The lowest BCUT2D eigenvalue weighted by Crippen LogP contribution is -2.39. The van der Waals surface area contributed by atoms with E-state index in [-0.39, 0.29) is 23.2 Å².